The van der Waals surface area contributed by atoms with Gasteiger partial charge in [0.25, 0.3) is 0 Å². The second-order valence-electron chi connectivity index (χ2n) is 2.38. The van der Waals surface area contributed by atoms with Crippen LogP contribution in [0.25, 0.3) is 0 Å². The van der Waals surface area contributed by atoms with E-state index in [0.717, 1.165) is 13.0 Å². The van der Waals surface area contributed by atoms with E-state index in [-0.39, 0.29) is 0 Å². The lowest BCUT2D eigenvalue weighted by molar-refractivity contribution is -0.0979. The highest BCUT2D eigenvalue weighted by Gasteiger charge is 1.91. The molecule has 0 saturated heterocycles. The van der Waals surface area contributed by atoms with Crippen molar-refractivity contribution >= 4 is 6.79 Å². The number of hydrogen-bond donors (Lipinski definition) is 0. The Kier molecular flexibility index (Phi) is 31.5. The van der Waals surface area contributed by atoms with E-state index in [0.29, 0.717) is 0 Å². The van der Waals surface area contributed by atoms with Gasteiger partial charge in [-0.1, -0.05) is 26.8 Å². The maximum Gasteiger partial charge on any atom is 0.106 e. The summed E-state index contributed by atoms with van der Waals surface area (Å²) in [5.74, 6) is 0. The molecule has 0 radical (unpaired) electrons. The van der Waals surface area contributed by atoms with Crippen LogP contribution in [-0.4, -0.2) is 31.8 Å². The van der Waals surface area contributed by atoms with Crippen molar-refractivity contribution in [3.63, 3.8) is 0 Å². The van der Waals surface area contributed by atoms with Crippen LogP contribution in [0.15, 0.2) is 12.7 Å². The molecule has 0 aromatic heterocycles. The molecule has 13 heavy (non-hydrogen) atoms. The summed E-state index contributed by atoms with van der Waals surface area (Å²) in [6.45, 7) is 14.2. The second-order valence-corrected chi connectivity index (χ2v) is 2.38. The molecule has 2 nitrogen and oxygen atoms in total. The lowest BCUT2D eigenvalue weighted by atomic mass is 10.3. The quantitative estimate of drug-likeness (QED) is 0.617. The summed E-state index contributed by atoms with van der Waals surface area (Å²) in [4.78, 5) is 10.3. The van der Waals surface area contributed by atoms with E-state index in [4.69, 9.17) is 4.79 Å². The lowest BCUT2D eigenvalue weighted by Crippen LogP contribution is -2.19. The van der Waals surface area contributed by atoms with Crippen LogP contribution in [0.3, 0.4) is 0 Å². The van der Waals surface area contributed by atoms with Crippen molar-refractivity contribution in [1.29, 1.82) is 0 Å². The van der Waals surface area contributed by atoms with Crippen LogP contribution in [0.4, 0.5) is 0 Å². The van der Waals surface area contributed by atoms with Gasteiger partial charge in [-0.2, -0.15) is 0 Å². The molecule has 0 bridgehead atoms. The standard InChI is InChI=1S/C8H17N.C2H6.CH2O/c1-4-6-8-9(3)7-5-2;2*1-2/h4H,1,5-8H2,2-3H3;1-2H3;1H2. The van der Waals surface area contributed by atoms with Gasteiger partial charge in [0.1, 0.15) is 6.79 Å². The Labute approximate surface area is 83.6 Å². The summed E-state index contributed by atoms with van der Waals surface area (Å²) >= 11 is 0. The van der Waals surface area contributed by atoms with Crippen LogP contribution < -0.4 is 0 Å². The minimum atomic E-state index is 1.11. The predicted octanol–water partition coefficient (Wildman–Crippen LogP) is 2.75. The zero-order chi connectivity index (χ0) is 11.1. The largest absolute Gasteiger partial charge is 0.307 e. The second kappa shape index (κ2) is 22.5. The first-order valence-corrected chi connectivity index (χ1v) is 4.89. The van der Waals surface area contributed by atoms with Gasteiger partial charge in [0.2, 0.25) is 0 Å². The van der Waals surface area contributed by atoms with Gasteiger partial charge < -0.3 is 9.69 Å². The highest BCUT2D eigenvalue weighted by molar-refractivity contribution is 5.10. The summed E-state index contributed by atoms with van der Waals surface area (Å²) in [5, 5.41) is 0. The maximum absolute atomic E-state index is 8.00. The van der Waals surface area contributed by atoms with E-state index in [1.54, 1.807) is 0 Å². The molecule has 80 valence electrons. The van der Waals surface area contributed by atoms with E-state index in [9.17, 15) is 0 Å². The van der Waals surface area contributed by atoms with E-state index in [1.807, 2.05) is 26.7 Å². The number of nitrogens with zero attached hydrogens (tertiary/aromatic N) is 1. The van der Waals surface area contributed by atoms with Crippen molar-refractivity contribution in [3.05, 3.63) is 12.7 Å². The van der Waals surface area contributed by atoms with Crippen molar-refractivity contribution in [3.8, 4) is 0 Å². The van der Waals surface area contributed by atoms with Crippen LogP contribution in [-0.2, 0) is 4.79 Å². The summed E-state index contributed by atoms with van der Waals surface area (Å²) < 4.78 is 0. The number of carbonyl (C=O) groups excluding carboxylic acids is 1. The van der Waals surface area contributed by atoms with Gasteiger partial charge in [-0.05, 0) is 26.4 Å². The SMILES string of the molecule is C=CCCN(C)CCC.C=O.CC. The Hall–Kier alpha value is -0.630. The van der Waals surface area contributed by atoms with Crippen LogP contribution in [0.5, 0.6) is 0 Å². The minimum absolute atomic E-state index is 1.11. The van der Waals surface area contributed by atoms with Gasteiger partial charge in [0, 0.05) is 6.54 Å². The molecule has 0 spiro atoms. The third kappa shape index (κ3) is 24.6. The highest BCUT2D eigenvalue weighted by atomic mass is 16.1. The molecule has 0 aliphatic carbocycles. The monoisotopic (exact) mass is 187 g/mol. The Bertz CT molecular complexity index is 84.2. The summed E-state index contributed by atoms with van der Waals surface area (Å²) in [5.41, 5.74) is 0. The van der Waals surface area contributed by atoms with Crippen molar-refractivity contribution in [2.45, 2.75) is 33.6 Å². The zero-order valence-corrected chi connectivity index (χ0v) is 9.68. The molecule has 0 aromatic carbocycles. The topological polar surface area (TPSA) is 20.3 Å². The average molecular weight is 187 g/mol. The third-order valence-electron chi connectivity index (χ3n) is 1.32. The number of carbonyl (C=O) groups is 1. The molecular weight excluding hydrogens is 162 g/mol. The molecule has 0 aliphatic heterocycles. The molecule has 0 rings (SSSR count). The Morgan fingerprint density at radius 2 is 1.69 bits per heavy atom. The Morgan fingerprint density at radius 1 is 1.23 bits per heavy atom. The van der Waals surface area contributed by atoms with Crippen molar-refractivity contribution in [2.75, 3.05) is 20.1 Å². The van der Waals surface area contributed by atoms with E-state index in [2.05, 4.69) is 25.5 Å². The Balaban J connectivity index is -0.000000218. The third-order valence-corrected chi connectivity index (χ3v) is 1.32. The van der Waals surface area contributed by atoms with Gasteiger partial charge in [-0.3, -0.25) is 0 Å². The van der Waals surface area contributed by atoms with Gasteiger partial charge >= 0.3 is 0 Å². The number of hydrogen-bond acceptors (Lipinski definition) is 2. The molecule has 0 saturated carbocycles. The maximum atomic E-state index is 8.00. The first-order valence-electron chi connectivity index (χ1n) is 4.89. The fourth-order valence-corrected chi connectivity index (χ4v) is 0.805. The van der Waals surface area contributed by atoms with Gasteiger partial charge in [-0.15, -0.1) is 6.58 Å². The summed E-state index contributed by atoms with van der Waals surface area (Å²) in [7, 11) is 2.15. The highest BCUT2D eigenvalue weighted by Crippen LogP contribution is 1.88. The first kappa shape index (κ1) is 18.2. The zero-order valence-electron chi connectivity index (χ0n) is 9.68. The first-order chi connectivity index (χ1) is 6.31. The van der Waals surface area contributed by atoms with Gasteiger partial charge in [-0.25, -0.2) is 0 Å². The predicted molar refractivity (Wildman–Crippen MR) is 61.1 cm³/mol. The molecule has 0 N–H and O–H groups in total. The molecule has 0 fully saturated rings. The molecular formula is C11H25NO. The summed E-state index contributed by atoms with van der Waals surface area (Å²) in [6.07, 6.45) is 4.32. The number of rotatable bonds is 5. The van der Waals surface area contributed by atoms with Crippen molar-refractivity contribution in [1.82, 2.24) is 4.90 Å². The molecule has 0 heterocycles. The molecule has 0 aromatic rings. The molecule has 0 atom stereocenters. The van der Waals surface area contributed by atoms with Crippen molar-refractivity contribution in [2.24, 2.45) is 0 Å². The normalized spacial score (nSPS) is 7.77. The fourth-order valence-electron chi connectivity index (χ4n) is 0.805. The fraction of sp³-hybridized carbons (Fsp3) is 0.727. The van der Waals surface area contributed by atoms with Crippen LogP contribution in [0.2, 0.25) is 0 Å². The Morgan fingerprint density at radius 3 is 2.00 bits per heavy atom. The average Bonchev–Trinajstić information content (AvgIpc) is 2.21. The smallest absolute Gasteiger partial charge is 0.106 e. The molecule has 0 unspecified atom stereocenters. The van der Waals surface area contributed by atoms with E-state index in [1.165, 1.54) is 13.0 Å². The van der Waals surface area contributed by atoms with Gasteiger partial charge in [0.15, 0.2) is 0 Å². The minimum Gasteiger partial charge on any atom is -0.307 e. The van der Waals surface area contributed by atoms with E-state index >= 15 is 0 Å². The van der Waals surface area contributed by atoms with Crippen LogP contribution >= 0.6 is 0 Å². The molecule has 0 amide bonds. The van der Waals surface area contributed by atoms with E-state index < -0.39 is 0 Å². The lowest BCUT2D eigenvalue weighted by Gasteiger charge is -2.12. The van der Waals surface area contributed by atoms with Crippen LogP contribution in [0.1, 0.15) is 33.6 Å². The molecule has 2 heteroatoms. The van der Waals surface area contributed by atoms with Gasteiger partial charge in [0.05, 0.1) is 0 Å². The van der Waals surface area contributed by atoms with Crippen LogP contribution in [0, 0.1) is 0 Å². The molecule has 0 aliphatic rings. The summed E-state index contributed by atoms with van der Waals surface area (Å²) in [6, 6.07) is 0. The van der Waals surface area contributed by atoms with Crippen molar-refractivity contribution < 1.29 is 4.79 Å².